The molecular formula is C37H40N2O2S2. The van der Waals surface area contributed by atoms with Gasteiger partial charge in [-0.2, -0.15) is 0 Å². The van der Waals surface area contributed by atoms with Crippen molar-refractivity contribution in [2.24, 2.45) is 0 Å². The van der Waals surface area contributed by atoms with Crippen LogP contribution < -0.4 is 0 Å². The van der Waals surface area contributed by atoms with E-state index >= 15 is 0 Å². The average Bonchev–Trinajstić information content (AvgIpc) is 3.76. The minimum atomic E-state index is -0.0530. The third-order valence-corrected chi connectivity index (χ3v) is 12.0. The van der Waals surface area contributed by atoms with Crippen LogP contribution in [0.2, 0.25) is 0 Å². The number of aryl methyl sites for hydroxylation is 2. The molecule has 0 bridgehead atoms. The van der Waals surface area contributed by atoms with E-state index in [2.05, 4.69) is 88.9 Å². The molecule has 2 aromatic heterocycles. The second-order valence-corrected chi connectivity index (χ2v) is 14.6. The molecule has 222 valence electrons. The lowest BCUT2D eigenvalue weighted by Crippen LogP contribution is -2.09. The van der Waals surface area contributed by atoms with Crippen molar-refractivity contribution >= 4 is 81.9 Å². The zero-order chi connectivity index (χ0) is 29.2. The van der Waals surface area contributed by atoms with Gasteiger partial charge in [-0.3, -0.25) is 4.79 Å². The van der Waals surface area contributed by atoms with E-state index in [0.29, 0.717) is 13.0 Å². The van der Waals surface area contributed by atoms with Gasteiger partial charge in [0.25, 0.3) is 0 Å². The Morgan fingerprint density at radius 3 is 1.93 bits per heavy atom. The molecule has 0 amide bonds. The van der Waals surface area contributed by atoms with Gasteiger partial charge in [0.1, 0.15) is 0 Å². The summed E-state index contributed by atoms with van der Waals surface area (Å²) in [6, 6.07) is 26.7. The molecule has 1 aliphatic rings. The zero-order valence-corrected chi connectivity index (χ0v) is 26.7. The fraction of sp³-hybridized carbons (Fsp3) is 0.378. The molecule has 1 saturated heterocycles. The standard InChI is InChI=1S/C37H40N2O2S2/c1-2-3-22-38-31-18-9-7-16-29(31)34-35-30-17-8-10-19-32(30)39(37(35)28-15-6-5-14-27(28)36(34)38)23-12-24-41-33(40)20-11-4-13-26-21-25-42-43-26/h5-10,14-19,26H,2-4,11-13,20-25H2,1H3. The van der Waals surface area contributed by atoms with E-state index < -0.39 is 0 Å². The summed E-state index contributed by atoms with van der Waals surface area (Å²) >= 11 is 0. The van der Waals surface area contributed by atoms with Gasteiger partial charge in [0.15, 0.2) is 0 Å². The van der Waals surface area contributed by atoms with Gasteiger partial charge >= 0.3 is 5.97 Å². The van der Waals surface area contributed by atoms with Crippen molar-refractivity contribution in [2.75, 3.05) is 12.4 Å². The second-order valence-electron chi connectivity index (χ2n) is 11.8. The molecule has 43 heavy (non-hydrogen) atoms. The summed E-state index contributed by atoms with van der Waals surface area (Å²) < 4.78 is 10.8. The first-order chi connectivity index (χ1) is 21.3. The van der Waals surface area contributed by atoms with Crippen molar-refractivity contribution in [3.8, 4) is 0 Å². The van der Waals surface area contributed by atoms with Crippen LogP contribution >= 0.6 is 21.6 Å². The summed E-state index contributed by atoms with van der Waals surface area (Å²) in [7, 11) is 4.01. The monoisotopic (exact) mass is 608 g/mol. The lowest BCUT2D eigenvalue weighted by Gasteiger charge is -2.13. The van der Waals surface area contributed by atoms with Gasteiger partial charge in [-0.25, -0.2) is 0 Å². The Labute approximate surface area is 261 Å². The number of aromatic nitrogens is 2. The predicted octanol–water partition coefficient (Wildman–Crippen LogP) is 10.5. The maximum Gasteiger partial charge on any atom is 0.305 e. The molecule has 1 unspecified atom stereocenters. The minimum absolute atomic E-state index is 0.0530. The van der Waals surface area contributed by atoms with Crippen LogP contribution in [0.5, 0.6) is 0 Å². The van der Waals surface area contributed by atoms with Crippen LogP contribution in [0.3, 0.4) is 0 Å². The molecule has 7 rings (SSSR count). The Morgan fingerprint density at radius 1 is 0.767 bits per heavy atom. The third kappa shape index (κ3) is 5.42. The first kappa shape index (κ1) is 28.7. The molecule has 4 nitrogen and oxygen atoms in total. The number of ether oxygens (including phenoxy) is 1. The third-order valence-electron chi connectivity index (χ3n) is 9.04. The van der Waals surface area contributed by atoms with E-state index in [1.807, 2.05) is 21.6 Å². The second kappa shape index (κ2) is 12.9. The van der Waals surface area contributed by atoms with Crippen molar-refractivity contribution in [1.29, 1.82) is 0 Å². The van der Waals surface area contributed by atoms with Crippen molar-refractivity contribution in [3.05, 3.63) is 72.8 Å². The molecule has 6 aromatic rings. The molecule has 0 spiro atoms. The number of esters is 1. The van der Waals surface area contributed by atoms with Crippen molar-refractivity contribution in [1.82, 2.24) is 9.13 Å². The van der Waals surface area contributed by atoms with Gasteiger partial charge in [-0.1, -0.05) is 102 Å². The number of hydrogen-bond acceptors (Lipinski definition) is 4. The highest BCUT2D eigenvalue weighted by Gasteiger charge is 2.22. The normalized spacial score (nSPS) is 15.5. The predicted molar refractivity (Wildman–Crippen MR) is 187 cm³/mol. The highest BCUT2D eigenvalue weighted by atomic mass is 33.1. The minimum Gasteiger partial charge on any atom is -0.466 e. The fourth-order valence-corrected chi connectivity index (χ4v) is 10.1. The molecule has 4 aromatic carbocycles. The van der Waals surface area contributed by atoms with Gasteiger partial charge in [-0.05, 0) is 44.2 Å². The van der Waals surface area contributed by atoms with Gasteiger partial charge in [0, 0.05) is 73.9 Å². The zero-order valence-electron chi connectivity index (χ0n) is 25.0. The summed E-state index contributed by atoms with van der Waals surface area (Å²) in [5.74, 6) is 1.22. The summed E-state index contributed by atoms with van der Waals surface area (Å²) in [5, 5.41) is 8.69. The molecule has 1 atom stereocenters. The Hall–Kier alpha value is -3.09. The molecule has 1 fully saturated rings. The van der Waals surface area contributed by atoms with Crippen LogP contribution in [0.1, 0.15) is 58.3 Å². The van der Waals surface area contributed by atoms with Crippen LogP contribution in [0, 0.1) is 0 Å². The number of fused-ring (bicyclic) bond motifs is 10. The summed E-state index contributed by atoms with van der Waals surface area (Å²) in [5.41, 5.74) is 5.19. The molecular weight excluding hydrogens is 569 g/mol. The first-order valence-corrected chi connectivity index (χ1v) is 18.4. The SMILES string of the molecule is CCCCn1c2ccccc2c2c3c4ccccc4n(CCCOC(=O)CCCCC4CCSS4)c3c3ccccc3c21. The number of para-hydroxylation sites is 2. The average molecular weight is 609 g/mol. The topological polar surface area (TPSA) is 36.2 Å². The van der Waals surface area contributed by atoms with E-state index in [9.17, 15) is 4.79 Å². The maximum atomic E-state index is 12.5. The number of benzene rings is 4. The van der Waals surface area contributed by atoms with E-state index in [1.165, 1.54) is 73.0 Å². The fourth-order valence-electron chi connectivity index (χ4n) is 7.04. The van der Waals surface area contributed by atoms with Crippen LogP contribution in [0.4, 0.5) is 0 Å². The molecule has 0 saturated carbocycles. The molecule has 0 aliphatic carbocycles. The number of nitrogens with zero attached hydrogens (tertiary/aromatic N) is 2. The number of hydrogen-bond donors (Lipinski definition) is 0. The molecule has 0 N–H and O–H groups in total. The van der Waals surface area contributed by atoms with Crippen LogP contribution in [-0.2, 0) is 22.6 Å². The van der Waals surface area contributed by atoms with Crippen LogP contribution in [0.25, 0.3) is 54.4 Å². The van der Waals surface area contributed by atoms with Crippen molar-refractivity contribution in [3.63, 3.8) is 0 Å². The highest BCUT2D eigenvalue weighted by molar-refractivity contribution is 8.77. The van der Waals surface area contributed by atoms with E-state index in [0.717, 1.165) is 50.4 Å². The Balaban J connectivity index is 1.23. The van der Waals surface area contributed by atoms with E-state index in [1.54, 1.807) is 0 Å². The summed E-state index contributed by atoms with van der Waals surface area (Å²) in [4.78, 5) is 12.5. The number of unbranched alkanes of at least 4 members (excludes halogenated alkanes) is 2. The van der Waals surface area contributed by atoms with Crippen LogP contribution in [0.15, 0.2) is 72.8 Å². The van der Waals surface area contributed by atoms with Gasteiger partial charge < -0.3 is 13.9 Å². The lowest BCUT2D eigenvalue weighted by atomic mass is 9.99. The lowest BCUT2D eigenvalue weighted by molar-refractivity contribution is -0.143. The van der Waals surface area contributed by atoms with Gasteiger partial charge in [-0.15, -0.1) is 0 Å². The van der Waals surface area contributed by atoms with Gasteiger partial charge in [0.2, 0.25) is 0 Å². The van der Waals surface area contributed by atoms with Crippen molar-refractivity contribution in [2.45, 2.75) is 76.6 Å². The molecule has 0 radical (unpaired) electrons. The van der Waals surface area contributed by atoms with Crippen molar-refractivity contribution < 1.29 is 9.53 Å². The van der Waals surface area contributed by atoms with Gasteiger partial charge in [0.05, 0.1) is 17.6 Å². The molecule has 6 heteroatoms. The summed E-state index contributed by atoms with van der Waals surface area (Å²) in [6.07, 6.45) is 8.22. The first-order valence-electron chi connectivity index (χ1n) is 16.0. The number of rotatable bonds is 12. The molecule has 3 heterocycles. The quantitative estimate of drug-likeness (QED) is 0.0787. The highest BCUT2D eigenvalue weighted by Crippen LogP contribution is 2.45. The smallest absolute Gasteiger partial charge is 0.305 e. The Bertz CT molecular complexity index is 1910. The Morgan fingerprint density at radius 2 is 1.35 bits per heavy atom. The van der Waals surface area contributed by atoms with E-state index in [4.69, 9.17) is 4.74 Å². The largest absolute Gasteiger partial charge is 0.466 e. The van der Waals surface area contributed by atoms with Crippen LogP contribution in [-0.4, -0.2) is 32.7 Å². The number of carbonyl (C=O) groups is 1. The summed E-state index contributed by atoms with van der Waals surface area (Å²) in [6.45, 7) is 4.54. The van der Waals surface area contributed by atoms with E-state index in [-0.39, 0.29) is 5.97 Å². The Kier molecular flexibility index (Phi) is 8.58. The number of carbonyl (C=O) groups excluding carboxylic acids is 1. The molecule has 1 aliphatic heterocycles. The maximum absolute atomic E-state index is 12.5.